The quantitative estimate of drug-likeness (QED) is 0.771. The van der Waals surface area contributed by atoms with Crippen molar-refractivity contribution < 1.29 is 13.2 Å². The molecule has 5 heteroatoms. The number of carbonyl (C=O) groups excluding carboxylic acids is 1. The molecule has 0 spiro atoms. The van der Waals surface area contributed by atoms with Crippen LogP contribution in [0.5, 0.6) is 0 Å². The van der Waals surface area contributed by atoms with Gasteiger partial charge in [0.2, 0.25) is 0 Å². The summed E-state index contributed by atoms with van der Waals surface area (Å²) in [7, 11) is -3.18. The van der Waals surface area contributed by atoms with Crippen molar-refractivity contribution in [2.75, 3.05) is 19.3 Å². The number of hydrogen-bond donors (Lipinski definition) is 0. The van der Waals surface area contributed by atoms with Gasteiger partial charge in [0.05, 0.1) is 4.90 Å². The minimum Gasteiger partial charge on any atom is -0.339 e. The van der Waals surface area contributed by atoms with Gasteiger partial charge in [0.15, 0.2) is 9.84 Å². The van der Waals surface area contributed by atoms with Crippen molar-refractivity contribution >= 4 is 15.7 Å². The number of sulfone groups is 1. The molecule has 1 heterocycles. The molecule has 4 nitrogen and oxygen atoms in total. The fourth-order valence-electron chi connectivity index (χ4n) is 1.55. The third-order valence-corrected chi connectivity index (χ3v) is 3.80. The van der Waals surface area contributed by atoms with Crippen molar-refractivity contribution in [2.45, 2.75) is 11.3 Å². The first-order valence-electron chi connectivity index (χ1n) is 5.08. The van der Waals surface area contributed by atoms with E-state index in [9.17, 15) is 13.2 Å². The molecule has 1 aliphatic rings. The molecule has 0 saturated carbocycles. The molecule has 2 rings (SSSR count). The predicted molar refractivity (Wildman–Crippen MR) is 60.1 cm³/mol. The number of likely N-dealkylation sites (tertiary alicyclic amines) is 1. The number of hydrogen-bond acceptors (Lipinski definition) is 3. The van der Waals surface area contributed by atoms with Crippen LogP contribution in [-0.2, 0) is 9.84 Å². The Kier molecular flexibility index (Phi) is 2.71. The first-order chi connectivity index (χ1) is 7.48. The second-order valence-electron chi connectivity index (χ2n) is 3.94. The number of carbonyl (C=O) groups is 1. The maximum absolute atomic E-state index is 11.8. The lowest BCUT2D eigenvalue weighted by atomic mass is 10.1. The van der Waals surface area contributed by atoms with Gasteiger partial charge in [-0.2, -0.15) is 0 Å². The Hall–Kier alpha value is -1.36. The van der Waals surface area contributed by atoms with E-state index in [2.05, 4.69) is 0 Å². The Labute approximate surface area is 94.8 Å². The predicted octanol–water partition coefficient (Wildman–Crippen LogP) is 0.936. The Morgan fingerprint density at radius 2 is 1.75 bits per heavy atom. The first-order valence-corrected chi connectivity index (χ1v) is 6.97. The smallest absolute Gasteiger partial charge is 0.253 e. The molecule has 1 aromatic rings. The van der Waals surface area contributed by atoms with Crippen molar-refractivity contribution in [1.29, 1.82) is 0 Å². The lowest BCUT2D eigenvalue weighted by molar-refractivity contribution is 0.0651. The second-order valence-corrected chi connectivity index (χ2v) is 5.96. The molecule has 1 saturated heterocycles. The van der Waals surface area contributed by atoms with Gasteiger partial charge in [-0.15, -0.1) is 0 Å². The van der Waals surface area contributed by atoms with E-state index in [1.54, 1.807) is 17.0 Å². The van der Waals surface area contributed by atoms with E-state index in [0.717, 1.165) is 25.8 Å². The van der Waals surface area contributed by atoms with Gasteiger partial charge in [-0.05, 0) is 30.7 Å². The molecular formula is C11H13NO3S. The Morgan fingerprint density at radius 1 is 1.19 bits per heavy atom. The van der Waals surface area contributed by atoms with Crippen LogP contribution in [0.4, 0.5) is 0 Å². The highest BCUT2D eigenvalue weighted by atomic mass is 32.2. The Morgan fingerprint density at radius 3 is 2.12 bits per heavy atom. The third kappa shape index (κ3) is 2.09. The van der Waals surface area contributed by atoms with Gasteiger partial charge in [0, 0.05) is 24.9 Å². The standard InChI is InChI=1S/C11H13NO3S/c1-16(14,15)10-5-3-9(4-6-10)11(13)12-7-2-8-12/h3-6H,2,7-8H2,1H3. The summed E-state index contributed by atoms with van der Waals surface area (Å²) in [6.45, 7) is 1.60. The number of amides is 1. The lowest BCUT2D eigenvalue weighted by Crippen LogP contribution is -2.41. The summed E-state index contributed by atoms with van der Waals surface area (Å²) >= 11 is 0. The van der Waals surface area contributed by atoms with E-state index in [-0.39, 0.29) is 10.8 Å². The molecule has 1 fully saturated rings. The normalized spacial score (nSPS) is 15.7. The van der Waals surface area contributed by atoms with Crippen LogP contribution in [0.1, 0.15) is 16.8 Å². The lowest BCUT2D eigenvalue weighted by Gasteiger charge is -2.30. The molecule has 0 aromatic heterocycles. The Balaban J connectivity index is 2.22. The summed E-state index contributed by atoms with van der Waals surface area (Å²) in [5.74, 6) is -0.0219. The van der Waals surface area contributed by atoms with Crippen molar-refractivity contribution in [3.05, 3.63) is 29.8 Å². The van der Waals surface area contributed by atoms with Gasteiger partial charge in [0.25, 0.3) is 5.91 Å². The molecular weight excluding hydrogens is 226 g/mol. The van der Waals surface area contributed by atoms with Gasteiger partial charge >= 0.3 is 0 Å². The monoisotopic (exact) mass is 239 g/mol. The maximum atomic E-state index is 11.8. The van der Waals surface area contributed by atoms with Crippen LogP contribution in [0.15, 0.2) is 29.2 Å². The molecule has 86 valence electrons. The van der Waals surface area contributed by atoms with Gasteiger partial charge in [-0.3, -0.25) is 4.79 Å². The van der Waals surface area contributed by atoms with Crippen LogP contribution in [0, 0.1) is 0 Å². The summed E-state index contributed by atoms with van der Waals surface area (Å²) in [6.07, 6.45) is 2.20. The highest BCUT2D eigenvalue weighted by molar-refractivity contribution is 7.90. The van der Waals surface area contributed by atoms with E-state index < -0.39 is 9.84 Å². The van der Waals surface area contributed by atoms with Gasteiger partial charge in [-0.1, -0.05) is 0 Å². The zero-order valence-corrected chi connectivity index (χ0v) is 9.83. The number of rotatable bonds is 2. The molecule has 1 aliphatic heterocycles. The summed E-state index contributed by atoms with van der Waals surface area (Å²) in [4.78, 5) is 13.8. The molecule has 0 N–H and O–H groups in total. The van der Waals surface area contributed by atoms with Crippen LogP contribution in [0.2, 0.25) is 0 Å². The Bertz CT molecular complexity index is 501. The average Bonchev–Trinajstić information content (AvgIpc) is 2.14. The van der Waals surface area contributed by atoms with Crippen molar-refractivity contribution in [2.24, 2.45) is 0 Å². The fourth-order valence-corrected chi connectivity index (χ4v) is 2.18. The topological polar surface area (TPSA) is 54.5 Å². The molecule has 1 amide bonds. The van der Waals surface area contributed by atoms with E-state index in [1.807, 2.05) is 0 Å². The molecule has 0 radical (unpaired) electrons. The van der Waals surface area contributed by atoms with Crippen LogP contribution in [-0.4, -0.2) is 38.6 Å². The van der Waals surface area contributed by atoms with E-state index in [4.69, 9.17) is 0 Å². The molecule has 0 atom stereocenters. The highest BCUT2D eigenvalue weighted by Gasteiger charge is 2.21. The molecule has 0 unspecified atom stereocenters. The summed E-state index contributed by atoms with van der Waals surface area (Å²) in [6, 6.07) is 6.08. The molecule has 1 aromatic carbocycles. The zero-order valence-electron chi connectivity index (χ0n) is 9.01. The van der Waals surface area contributed by atoms with Crippen molar-refractivity contribution in [3.8, 4) is 0 Å². The minimum atomic E-state index is -3.18. The number of benzene rings is 1. The zero-order chi connectivity index (χ0) is 11.8. The summed E-state index contributed by atoms with van der Waals surface area (Å²) in [5.41, 5.74) is 0.548. The summed E-state index contributed by atoms with van der Waals surface area (Å²) < 4.78 is 22.4. The third-order valence-electron chi connectivity index (χ3n) is 2.67. The molecule has 16 heavy (non-hydrogen) atoms. The van der Waals surface area contributed by atoms with Crippen molar-refractivity contribution in [1.82, 2.24) is 4.90 Å². The van der Waals surface area contributed by atoms with Gasteiger partial charge in [-0.25, -0.2) is 8.42 Å². The largest absolute Gasteiger partial charge is 0.339 e. The number of nitrogens with zero attached hydrogens (tertiary/aromatic N) is 1. The van der Waals surface area contributed by atoms with Crippen molar-refractivity contribution in [3.63, 3.8) is 0 Å². The highest BCUT2D eigenvalue weighted by Crippen LogP contribution is 2.15. The van der Waals surface area contributed by atoms with Crippen LogP contribution in [0.25, 0.3) is 0 Å². The average molecular weight is 239 g/mol. The van der Waals surface area contributed by atoms with E-state index in [1.165, 1.54) is 12.1 Å². The second kappa shape index (κ2) is 3.90. The van der Waals surface area contributed by atoms with Crippen LogP contribution >= 0.6 is 0 Å². The minimum absolute atomic E-state index is 0.0219. The maximum Gasteiger partial charge on any atom is 0.253 e. The van der Waals surface area contributed by atoms with Crippen LogP contribution in [0.3, 0.4) is 0 Å². The summed E-state index contributed by atoms with van der Waals surface area (Å²) in [5, 5.41) is 0. The molecule has 0 bridgehead atoms. The SMILES string of the molecule is CS(=O)(=O)c1ccc(C(=O)N2CCC2)cc1. The van der Waals surface area contributed by atoms with Gasteiger partial charge < -0.3 is 4.90 Å². The van der Waals surface area contributed by atoms with Gasteiger partial charge in [0.1, 0.15) is 0 Å². The fraction of sp³-hybridized carbons (Fsp3) is 0.364. The van der Waals surface area contributed by atoms with E-state index in [0.29, 0.717) is 5.56 Å². The first kappa shape index (κ1) is 11.1. The van der Waals surface area contributed by atoms with Crippen LogP contribution < -0.4 is 0 Å². The molecule has 0 aliphatic carbocycles. The van der Waals surface area contributed by atoms with E-state index >= 15 is 0 Å².